The first-order chi connectivity index (χ1) is 14.2. The molecule has 7 heteroatoms. The van der Waals surface area contributed by atoms with E-state index < -0.39 is 0 Å². The first-order valence-corrected chi connectivity index (χ1v) is 10.1. The van der Waals surface area contributed by atoms with Crippen LogP contribution in [0.2, 0.25) is 0 Å². The van der Waals surface area contributed by atoms with Gasteiger partial charge in [0.1, 0.15) is 17.6 Å². The topological polar surface area (TPSA) is 74.9 Å². The van der Waals surface area contributed by atoms with Crippen LogP contribution in [0.15, 0.2) is 58.4 Å². The molecule has 29 heavy (non-hydrogen) atoms. The number of thioether (sulfide) groups is 1. The van der Waals surface area contributed by atoms with Gasteiger partial charge in [-0.2, -0.15) is 5.26 Å². The predicted molar refractivity (Wildman–Crippen MR) is 115 cm³/mol. The van der Waals surface area contributed by atoms with Crippen LogP contribution in [-0.4, -0.2) is 35.7 Å². The largest absolute Gasteiger partial charge is 0.494 e. The molecule has 0 atom stereocenters. The average molecular weight is 407 g/mol. The van der Waals surface area contributed by atoms with Crippen molar-refractivity contribution < 1.29 is 14.3 Å². The Kier molecular flexibility index (Phi) is 6.93. The zero-order chi connectivity index (χ0) is 20.6. The van der Waals surface area contributed by atoms with E-state index in [9.17, 15) is 4.79 Å². The number of para-hydroxylation sites is 1. The highest BCUT2D eigenvalue weighted by molar-refractivity contribution is 8.18. The minimum Gasteiger partial charge on any atom is -0.494 e. The number of amidine groups is 1. The molecule has 0 bridgehead atoms. The van der Waals surface area contributed by atoms with Crippen molar-refractivity contribution >= 4 is 34.6 Å². The van der Waals surface area contributed by atoms with Crippen LogP contribution in [0.3, 0.4) is 0 Å². The molecule has 2 aromatic carbocycles. The predicted octanol–water partition coefficient (Wildman–Crippen LogP) is 4.61. The van der Waals surface area contributed by atoms with E-state index in [4.69, 9.17) is 14.7 Å². The van der Waals surface area contributed by atoms with Crippen molar-refractivity contribution in [2.45, 2.75) is 13.8 Å². The summed E-state index contributed by atoms with van der Waals surface area (Å²) >= 11 is 1.32. The van der Waals surface area contributed by atoms with E-state index in [0.29, 0.717) is 29.0 Å². The number of carbonyl (C=O) groups excluding carboxylic acids is 1. The van der Waals surface area contributed by atoms with Crippen molar-refractivity contribution in [3.63, 3.8) is 0 Å². The third-order valence-electron chi connectivity index (χ3n) is 4.07. The lowest BCUT2D eigenvalue weighted by Gasteiger charge is -2.12. The second-order valence-corrected chi connectivity index (χ2v) is 6.98. The summed E-state index contributed by atoms with van der Waals surface area (Å²) in [5, 5.41) is 9.38. The van der Waals surface area contributed by atoms with Crippen molar-refractivity contribution in [1.82, 2.24) is 4.90 Å². The Hall–Kier alpha value is -3.24. The van der Waals surface area contributed by atoms with Crippen LogP contribution in [0, 0.1) is 11.3 Å². The smallest absolute Gasteiger partial charge is 0.266 e. The lowest BCUT2D eigenvalue weighted by atomic mass is 10.2. The summed E-state index contributed by atoms with van der Waals surface area (Å²) in [6.07, 6.45) is 1.78. The number of nitriles is 1. The van der Waals surface area contributed by atoms with Gasteiger partial charge in [-0.1, -0.05) is 18.2 Å². The second-order valence-electron chi connectivity index (χ2n) is 5.97. The summed E-state index contributed by atoms with van der Waals surface area (Å²) < 4.78 is 10.9. The number of hydrogen-bond donors (Lipinski definition) is 0. The fraction of sp³-hybridized carbons (Fsp3) is 0.227. The molecule has 0 aliphatic carbocycles. The third-order valence-corrected chi connectivity index (χ3v) is 5.08. The van der Waals surface area contributed by atoms with Crippen molar-refractivity contribution in [2.75, 3.05) is 19.8 Å². The van der Waals surface area contributed by atoms with Gasteiger partial charge in [0.25, 0.3) is 5.91 Å². The molecule has 1 heterocycles. The van der Waals surface area contributed by atoms with Crippen LogP contribution in [0.1, 0.15) is 19.4 Å². The molecule has 1 aliphatic heterocycles. The van der Waals surface area contributed by atoms with E-state index in [0.717, 1.165) is 17.0 Å². The van der Waals surface area contributed by atoms with Crippen molar-refractivity contribution in [1.29, 1.82) is 5.26 Å². The van der Waals surface area contributed by atoms with Crippen molar-refractivity contribution in [2.24, 2.45) is 4.99 Å². The monoisotopic (exact) mass is 407 g/mol. The number of ether oxygens (including phenoxy) is 2. The first-order valence-electron chi connectivity index (χ1n) is 9.28. The fourth-order valence-electron chi connectivity index (χ4n) is 2.75. The van der Waals surface area contributed by atoms with Gasteiger partial charge in [0.15, 0.2) is 11.8 Å². The lowest BCUT2D eigenvalue weighted by Crippen LogP contribution is -2.28. The second kappa shape index (κ2) is 9.80. The van der Waals surface area contributed by atoms with Gasteiger partial charge in [-0.3, -0.25) is 9.69 Å². The maximum absolute atomic E-state index is 12.8. The molecule has 1 aliphatic rings. The Morgan fingerprint density at radius 2 is 1.90 bits per heavy atom. The summed E-state index contributed by atoms with van der Waals surface area (Å²) in [7, 11) is 0. The van der Waals surface area contributed by atoms with E-state index in [2.05, 4.69) is 4.99 Å². The number of benzene rings is 2. The number of rotatable bonds is 7. The van der Waals surface area contributed by atoms with Gasteiger partial charge in [-0.25, -0.2) is 4.99 Å². The van der Waals surface area contributed by atoms with Gasteiger partial charge >= 0.3 is 0 Å². The van der Waals surface area contributed by atoms with Crippen molar-refractivity contribution in [3.05, 3.63) is 59.0 Å². The maximum atomic E-state index is 12.8. The first kappa shape index (κ1) is 20.5. The zero-order valence-corrected chi connectivity index (χ0v) is 17.1. The molecule has 1 amide bonds. The number of likely N-dealkylation sites (N-methyl/N-ethyl adjacent to an activating group) is 1. The summed E-state index contributed by atoms with van der Waals surface area (Å²) in [6.45, 7) is 4.93. The Balaban J connectivity index is 1.87. The quantitative estimate of drug-likeness (QED) is 0.627. The molecule has 0 spiro atoms. The highest BCUT2D eigenvalue weighted by Crippen LogP contribution is 2.35. The summed E-state index contributed by atoms with van der Waals surface area (Å²) in [6, 6.07) is 16.7. The number of nitrogens with zero attached hydrogens (tertiary/aromatic N) is 3. The number of hydrogen-bond acceptors (Lipinski definition) is 6. The molecule has 0 radical (unpaired) electrons. The molecule has 0 saturated carbocycles. The third kappa shape index (κ3) is 4.98. The van der Waals surface area contributed by atoms with Gasteiger partial charge in [0, 0.05) is 12.1 Å². The van der Waals surface area contributed by atoms with Gasteiger partial charge in [-0.05, 0) is 62.0 Å². The molecule has 0 N–H and O–H groups in total. The Bertz CT molecular complexity index is 978. The highest BCUT2D eigenvalue weighted by Gasteiger charge is 2.32. The molecule has 6 nitrogen and oxygen atoms in total. The Labute approximate surface area is 174 Å². The van der Waals surface area contributed by atoms with Crippen LogP contribution >= 0.6 is 11.8 Å². The van der Waals surface area contributed by atoms with Crippen LogP contribution in [0.4, 0.5) is 5.69 Å². The van der Waals surface area contributed by atoms with Gasteiger partial charge < -0.3 is 9.47 Å². The van der Waals surface area contributed by atoms with E-state index in [1.54, 1.807) is 17.0 Å². The standard InChI is InChI=1S/C22H21N3O3S/c1-3-25-21(26)20(15-16-7-5-6-8-19(16)28-14-13-23)29-22(25)24-17-9-11-18(12-10-17)27-4-2/h5-12,15H,3-4,14H2,1-2H3/b20-15+,24-22?. The van der Waals surface area contributed by atoms with Gasteiger partial charge in [0.2, 0.25) is 0 Å². The summed E-state index contributed by atoms with van der Waals surface area (Å²) in [5.41, 5.74) is 1.50. The normalized spacial score (nSPS) is 16.3. The average Bonchev–Trinajstić information content (AvgIpc) is 3.03. The minimum absolute atomic E-state index is 0.0488. The lowest BCUT2D eigenvalue weighted by molar-refractivity contribution is -0.122. The molecule has 0 unspecified atom stereocenters. The van der Waals surface area contributed by atoms with E-state index in [1.165, 1.54) is 11.8 Å². The number of carbonyl (C=O) groups is 1. The van der Waals surface area contributed by atoms with Gasteiger partial charge in [-0.15, -0.1) is 0 Å². The van der Waals surface area contributed by atoms with Crippen LogP contribution in [0.5, 0.6) is 11.5 Å². The summed E-state index contributed by atoms with van der Waals surface area (Å²) in [5.74, 6) is 1.25. The van der Waals surface area contributed by atoms with E-state index in [1.807, 2.05) is 62.4 Å². The molecule has 148 valence electrons. The molecular weight excluding hydrogens is 386 g/mol. The van der Waals surface area contributed by atoms with E-state index >= 15 is 0 Å². The van der Waals surface area contributed by atoms with Crippen LogP contribution in [-0.2, 0) is 4.79 Å². The molecule has 3 rings (SSSR count). The molecule has 1 fully saturated rings. The molecule has 2 aromatic rings. The Morgan fingerprint density at radius 3 is 2.59 bits per heavy atom. The fourth-order valence-corrected chi connectivity index (χ4v) is 3.80. The van der Waals surface area contributed by atoms with Crippen LogP contribution < -0.4 is 9.47 Å². The van der Waals surface area contributed by atoms with Crippen LogP contribution in [0.25, 0.3) is 6.08 Å². The van der Waals surface area contributed by atoms with Crippen molar-refractivity contribution in [3.8, 4) is 17.6 Å². The Morgan fingerprint density at radius 1 is 1.14 bits per heavy atom. The number of amides is 1. The summed E-state index contributed by atoms with van der Waals surface area (Å²) in [4.78, 5) is 19.7. The SMILES string of the molecule is CCOc1ccc(N=C2S/C(=C/c3ccccc3OCC#N)C(=O)N2CC)cc1. The highest BCUT2D eigenvalue weighted by atomic mass is 32.2. The molecular formula is C22H21N3O3S. The zero-order valence-electron chi connectivity index (χ0n) is 16.3. The maximum Gasteiger partial charge on any atom is 0.266 e. The minimum atomic E-state index is -0.0997. The molecule has 1 saturated heterocycles. The molecule has 0 aromatic heterocycles. The number of aliphatic imine (C=N–C) groups is 1. The van der Waals surface area contributed by atoms with E-state index in [-0.39, 0.29) is 12.5 Å². The van der Waals surface area contributed by atoms with Gasteiger partial charge in [0.05, 0.1) is 17.2 Å².